The van der Waals surface area contributed by atoms with Gasteiger partial charge in [0.05, 0.1) is 35.9 Å². The Hall–Kier alpha value is -5.17. The highest BCUT2D eigenvalue weighted by Gasteiger charge is 2.40. The van der Waals surface area contributed by atoms with Crippen molar-refractivity contribution in [2.45, 2.75) is 56.7 Å². The summed E-state index contributed by atoms with van der Waals surface area (Å²) in [6, 6.07) is 6.83. The lowest BCUT2D eigenvalue weighted by Crippen LogP contribution is -2.58. The Kier molecular flexibility index (Phi) is 11.1. The number of fused-ring (bicyclic) bond motifs is 1. The molecule has 5 atom stereocenters. The van der Waals surface area contributed by atoms with Crippen LogP contribution >= 0.6 is 0 Å². The molecule has 0 bridgehead atoms. The lowest BCUT2D eigenvalue weighted by molar-refractivity contribution is -0.141. The number of piperazine rings is 1. The van der Waals surface area contributed by atoms with Gasteiger partial charge in [0, 0.05) is 93.2 Å². The van der Waals surface area contributed by atoms with Crippen LogP contribution in [0.2, 0.25) is 0 Å². The SMILES string of the molecule is C=CC(=O)N1CCCC1c1ncc(N2C[C@H](CS(C)(=O)=O)[C@H]2C)c2cnc(Nc3ccnc(N4CC[C@@H](N5CCN(c6cccc(C(F)(F)F)n6)CC5)[C@@H](F)C4)n3)cc12. The maximum Gasteiger partial charge on any atom is 0.433 e. The number of hydrogen-bond acceptors (Lipinski definition) is 13. The fourth-order valence-corrected chi connectivity index (χ4v) is 10.1. The van der Waals surface area contributed by atoms with Crippen molar-refractivity contribution in [3.63, 3.8) is 0 Å². The minimum Gasteiger partial charge on any atom is -0.366 e. The third-order valence-electron chi connectivity index (χ3n) is 12.1. The first-order valence-corrected chi connectivity index (χ1v) is 21.9. The number of halogens is 4. The van der Waals surface area contributed by atoms with E-state index >= 15 is 4.39 Å². The van der Waals surface area contributed by atoms with Gasteiger partial charge in [0.2, 0.25) is 11.9 Å². The summed E-state index contributed by atoms with van der Waals surface area (Å²) in [5.74, 6) is 1.49. The highest BCUT2D eigenvalue weighted by atomic mass is 32.2. The number of anilines is 5. The fourth-order valence-electron chi connectivity index (χ4n) is 8.95. The van der Waals surface area contributed by atoms with E-state index in [1.807, 2.05) is 17.9 Å². The van der Waals surface area contributed by atoms with Crippen LogP contribution in [0.4, 0.5) is 46.7 Å². The molecule has 4 aromatic rings. The average molecular weight is 838 g/mol. The van der Waals surface area contributed by atoms with Crippen LogP contribution in [-0.2, 0) is 20.8 Å². The van der Waals surface area contributed by atoms with Crippen LogP contribution in [0.5, 0.6) is 0 Å². The van der Waals surface area contributed by atoms with E-state index in [4.69, 9.17) is 15.0 Å². The first-order chi connectivity index (χ1) is 28.2. The van der Waals surface area contributed by atoms with Crippen LogP contribution in [0, 0.1) is 5.92 Å². The van der Waals surface area contributed by atoms with Crippen molar-refractivity contribution in [2.75, 3.05) is 84.4 Å². The molecular formula is C40H47F4N11O3S. The van der Waals surface area contributed by atoms with Gasteiger partial charge in [-0.1, -0.05) is 12.6 Å². The maximum atomic E-state index is 15.9. The molecule has 0 saturated carbocycles. The van der Waals surface area contributed by atoms with Gasteiger partial charge in [-0.05, 0) is 56.5 Å². The smallest absolute Gasteiger partial charge is 0.366 e. The Balaban J connectivity index is 0.967. The van der Waals surface area contributed by atoms with Crippen molar-refractivity contribution in [3.8, 4) is 0 Å². The predicted molar refractivity (Wildman–Crippen MR) is 217 cm³/mol. The van der Waals surface area contributed by atoms with E-state index < -0.39 is 27.9 Å². The van der Waals surface area contributed by atoms with Gasteiger partial charge in [-0.25, -0.2) is 27.8 Å². The molecule has 0 spiro atoms. The maximum absolute atomic E-state index is 15.9. The Labute approximate surface area is 340 Å². The summed E-state index contributed by atoms with van der Waals surface area (Å²) in [7, 11) is -3.14. The second-order valence-corrected chi connectivity index (χ2v) is 18.1. The van der Waals surface area contributed by atoms with E-state index in [1.165, 1.54) is 18.4 Å². The monoisotopic (exact) mass is 837 g/mol. The van der Waals surface area contributed by atoms with Crippen molar-refractivity contribution >= 4 is 55.6 Å². The van der Waals surface area contributed by atoms with Crippen LogP contribution in [0.25, 0.3) is 10.8 Å². The van der Waals surface area contributed by atoms with Gasteiger partial charge in [0.25, 0.3) is 0 Å². The Morgan fingerprint density at radius 1 is 0.949 bits per heavy atom. The van der Waals surface area contributed by atoms with E-state index in [9.17, 15) is 26.4 Å². The number of carbonyl (C=O) groups is 1. The minimum absolute atomic E-state index is 0.00992. The summed E-state index contributed by atoms with van der Waals surface area (Å²) in [4.78, 5) is 45.2. The van der Waals surface area contributed by atoms with Gasteiger partial charge < -0.3 is 24.9 Å². The fraction of sp³-hybridized carbons (Fsp3) is 0.500. The summed E-state index contributed by atoms with van der Waals surface area (Å²) in [6.07, 6.45) is 4.08. The molecule has 59 heavy (non-hydrogen) atoms. The number of likely N-dealkylation sites (tertiary alicyclic amines) is 1. The van der Waals surface area contributed by atoms with Crippen molar-refractivity contribution in [1.29, 1.82) is 0 Å². The molecule has 0 aliphatic carbocycles. The van der Waals surface area contributed by atoms with E-state index in [2.05, 4.69) is 31.7 Å². The summed E-state index contributed by atoms with van der Waals surface area (Å²) >= 11 is 0. The summed E-state index contributed by atoms with van der Waals surface area (Å²) in [5, 5.41) is 4.92. The first-order valence-electron chi connectivity index (χ1n) is 19.8. The number of pyridine rings is 3. The second-order valence-electron chi connectivity index (χ2n) is 15.9. The van der Waals surface area contributed by atoms with E-state index in [-0.39, 0.29) is 48.1 Å². The zero-order valence-corrected chi connectivity index (χ0v) is 33.7. The standard InChI is InChI=1S/C40H47F4N11O3S/c1-4-37(56)54-13-6-7-31(54)38-27-19-35(46-20-28(27)32(21-47-38)55-22-26(25(55)2)24-59(3,57)58)49-34-10-12-45-39(50-34)53-14-11-30(29(41)23-53)51-15-17-52(18-16-51)36-9-5-8-33(48-36)40(42,43)44/h4-5,8-10,12,19-21,25-26,29-31H,1,6-7,11,13-18,22-24H2,2-3H3,(H,45,46,49,50)/t25-,26-,29+,30-,31?/m1/s1. The van der Waals surface area contributed by atoms with Crippen molar-refractivity contribution in [2.24, 2.45) is 5.92 Å². The number of alkyl halides is 4. The highest BCUT2D eigenvalue weighted by Crippen LogP contribution is 2.41. The Bertz CT molecular complexity index is 2330. The molecule has 314 valence electrons. The molecule has 1 N–H and O–H groups in total. The number of sulfone groups is 1. The highest BCUT2D eigenvalue weighted by molar-refractivity contribution is 7.90. The van der Waals surface area contributed by atoms with Gasteiger partial charge in [0.15, 0.2) is 0 Å². The molecule has 19 heteroatoms. The van der Waals surface area contributed by atoms with Crippen LogP contribution in [0.3, 0.4) is 0 Å². The summed E-state index contributed by atoms with van der Waals surface area (Å²) < 4.78 is 79.7. The third kappa shape index (κ3) is 8.49. The molecule has 4 aliphatic rings. The van der Waals surface area contributed by atoms with Crippen LogP contribution in [0.1, 0.15) is 43.6 Å². The van der Waals surface area contributed by atoms with Crippen molar-refractivity contribution in [1.82, 2.24) is 34.7 Å². The van der Waals surface area contributed by atoms with Crippen LogP contribution < -0.4 is 20.0 Å². The lowest BCUT2D eigenvalue weighted by Gasteiger charge is -2.48. The van der Waals surface area contributed by atoms with E-state index in [0.29, 0.717) is 69.8 Å². The molecule has 4 fully saturated rings. The normalized spacial score (nSPS) is 24.3. The lowest BCUT2D eigenvalue weighted by atomic mass is 9.90. The van der Waals surface area contributed by atoms with Gasteiger partial charge in [-0.3, -0.25) is 14.7 Å². The average Bonchev–Trinajstić information content (AvgIpc) is 3.71. The molecular weight excluding hydrogens is 791 g/mol. The second kappa shape index (κ2) is 16.1. The molecule has 0 aromatic carbocycles. The molecule has 4 saturated heterocycles. The zero-order valence-electron chi connectivity index (χ0n) is 32.9. The topological polar surface area (TPSA) is 144 Å². The number of rotatable bonds is 10. The quantitative estimate of drug-likeness (QED) is 0.169. The Morgan fingerprint density at radius 2 is 1.75 bits per heavy atom. The number of carbonyl (C=O) groups excluding carboxylic acids is 1. The largest absolute Gasteiger partial charge is 0.433 e. The number of amides is 1. The van der Waals surface area contributed by atoms with Crippen LogP contribution in [-0.4, -0.2) is 132 Å². The number of hydrogen-bond donors (Lipinski definition) is 1. The predicted octanol–water partition coefficient (Wildman–Crippen LogP) is 5.04. The third-order valence-corrected chi connectivity index (χ3v) is 13.1. The number of nitrogens with zero attached hydrogens (tertiary/aromatic N) is 10. The van der Waals surface area contributed by atoms with Crippen molar-refractivity contribution in [3.05, 3.63) is 73.0 Å². The minimum atomic E-state index is -4.53. The van der Waals surface area contributed by atoms with Gasteiger partial charge in [0.1, 0.15) is 39.2 Å². The van der Waals surface area contributed by atoms with E-state index in [1.54, 1.807) is 40.5 Å². The molecule has 8 rings (SSSR count). The zero-order chi connectivity index (χ0) is 41.6. The van der Waals surface area contributed by atoms with Crippen molar-refractivity contribution < 1.29 is 30.8 Å². The molecule has 4 aliphatic heterocycles. The van der Waals surface area contributed by atoms with E-state index in [0.717, 1.165) is 41.1 Å². The van der Waals surface area contributed by atoms with Gasteiger partial charge >= 0.3 is 6.18 Å². The number of nitrogens with one attached hydrogen (secondary N) is 1. The van der Waals surface area contributed by atoms with Crippen LogP contribution in [0.15, 0.2) is 61.6 Å². The summed E-state index contributed by atoms with van der Waals surface area (Å²) in [6.45, 7) is 9.33. The molecule has 4 aromatic heterocycles. The Morgan fingerprint density at radius 3 is 2.46 bits per heavy atom. The summed E-state index contributed by atoms with van der Waals surface area (Å²) in [5.41, 5.74) is 0.638. The number of aromatic nitrogens is 5. The van der Waals surface area contributed by atoms with Gasteiger partial charge in [-0.2, -0.15) is 18.2 Å². The molecule has 0 radical (unpaired) electrons. The molecule has 1 unspecified atom stereocenters. The molecule has 8 heterocycles. The number of piperidine rings is 1. The van der Waals surface area contributed by atoms with Gasteiger partial charge in [-0.15, -0.1) is 0 Å². The molecule has 1 amide bonds. The molecule has 14 nitrogen and oxygen atoms in total. The first kappa shape index (κ1) is 40.6.